The van der Waals surface area contributed by atoms with E-state index in [-0.39, 0.29) is 5.82 Å². The number of thioether (sulfide) groups is 2. The zero-order valence-corrected chi connectivity index (χ0v) is 18.4. The van der Waals surface area contributed by atoms with Crippen LogP contribution in [0.2, 0.25) is 0 Å². The van der Waals surface area contributed by atoms with Crippen LogP contribution < -0.4 is 0 Å². The van der Waals surface area contributed by atoms with Gasteiger partial charge in [0, 0.05) is 15.4 Å². The molecule has 5 heteroatoms. The van der Waals surface area contributed by atoms with Gasteiger partial charge >= 0.3 is 0 Å². The summed E-state index contributed by atoms with van der Waals surface area (Å²) in [4.78, 5) is 7.08. The van der Waals surface area contributed by atoms with Crippen LogP contribution in [-0.4, -0.2) is 5.04 Å². The number of halogens is 1. The molecule has 0 radical (unpaired) electrons. The first kappa shape index (κ1) is 20.7. The van der Waals surface area contributed by atoms with Gasteiger partial charge in [-0.25, -0.2) is 9.38 Å². The van der Waals surface area contributed by atoms with Gasteiger partial charge in [0.05, 0.1) is 5.69 Å². The molecule has 148 valence electrons. The zero-order valence-electron chi connectivity index (χ0n) is 15.9. The summed E-state index contributed by atoms with van der Waals surface area (Å²) in [7, 11) is 0. The number of hydrogen-bond donors (Lipinski definition) is 0. The lowest BCUT2D eigenvalue weighted by Gasteiger charge is -2.11. The average Bonchev–Trinajstić information content (AvgIpc) is 3.31. The molecular formula is C25H18FNS3. The lowest BCUT2D eigenvalue weighted by molar-refractivity contribution is 0.626. The molecule has 0 N–H and O–H groups in total. The van der Waals surface area contributed by atoms with E-state index >= 15 is 0 Å². The van der Waals surface area contributed by atoms with Crippen LogP contribution >= 0.6 is 34.9 Å². The molecule has 0 aliphatic rings. The standard InChI is InChI=1S/C25H18FNS3/c26-20-11-13-22(14-12-20)29-18-24(19-15-16-28-17-19)25(27-21-7-3-1-4-8-21)30-23-9-5-2-6-10-23/h1-18H/b24-18+,27-25-. The van der Waals surface area contributed by atoms with Gasteiger partial charge < -0.3 is 0 Å². The number of benzene rings is 3. The van der Waals surface area contributed by atoms with Crippen molar-refractivity contribution in [2.45, 2.75) is 9.79 Å². The van der Waals surface area contributed by atoms with E-state index in [0.29, 0.717) is 0 Å². The van der Waals surface area contributed by atoms with Crippen LogP contribution in [-0.2, 0) is 0 Å². The van der Waals surface area contributed by atoms with Crippen molar-refractivity contribution in [1.29, 1.82) is 0 Å². The second-order valence-electron chi connectivity index (χ2n) is 6.28. The molecule has 30 heavy (non-hydrogen) atoms. The van der Waals surface area contributed by atoms with E-state index in [0.717, 1.165) is 31.7 Å². The minimum absolute atomic E-state index is 0.229. The summed E-state index contributed by atoms with van der Waals surface area (Å²) in [6.07, 6.45) is 0. The fourth-order valence-electron chi connectivity index (χ4n) is 2.66. The monoisotopic (exact) mass is 447 g/mol. The maximum absolute atomic E-state index is 13.3. The molecule has 0 aliphatic heterocycles. The van der Waals surface area contributed by atoms with Crippen LogP contribution in [0.15, 0.2) is 122 Å². The predicted octanol–water partition coefficient (Wildman–Crippen LogP) is 8.54. The topological polar surface area (TPSA) is 12.4 Å². The molecule has 1 aromatic heterocycles. The Bertz CT molecular complexity index is 1120. The Morgan fingerprint density at radius 1 is 0.800 bits per heavy atom. The summed E-state index contributed by atoms with van der Waals surface area (Å²) < 4.78 is 13.3. The molecule has 1 nitrogen and oxygen atoms in total. The van der Waals surface area contributed by atoms with Gasteiger partial charge in [0.25, 0.3) is 0 Å². The molecule has 4 rings (SSSR count). The maximum atomic E-state index is 13.3. The predicted molar refractivity (Wildman–Crippen MR) is 130 cm³/mol. The highest BCUT2D eigenvalue weighted by molar-refractivity contribution is 8.15. The second-order valence-corrected chi connectivity index (χ2v) is 9.07. The summed E-state index contributed by atoms with van der Waals surface area (Å²) >= 11 is 4.86. The van der Waals surface area contributed by atoms with Crippen LogP contribution in [0.4, 0.5) is 10.1 Å². The van der Waals surface area contributed by atoms with Crippen molar-refractivity contribution < 1.29 is 4.39 Å². The zero-order chi connectivity index (χ0) is 20.6. The molecule has 0 fully saturated rings. The fraction of sp³-hybridized carbons (Fsp3) is 0. The van der Waals surface area contributed by atoms with Crippen LogP contribution in [0.25, 0.3) is 5.57 Å². The number of nitrogens with zero attached hydrogens (tertiary/aromatic N) is 1. The quantitative estimate of drug-likeness (QED) is 0.167. The van der Waals surface area contributed by atoms with Crippen LogP contribution in [0.1, 0.15) is 5.56 Å². The molecule has 3 aromatic carbocycles. The van der Waals surface area contributed by atoms with E-state index in [1.54, 1.807) is 47.0 Å². The first-order chi connectivity index (χ1) is 14.8. The minimum Gasteiger partial charge on any atom is -0.241 e. The van der Waals surface area contributed by atoms with Gasteiger partial charge in [-0.1, -0.05) is 59.9 Å². The molecule has 1 heterocycles. The Morgan fingerprint density at radius 3 is 2.17 bits per heavy atom. The summed E-state index contributed by atoms with van der Waals surface area (Å²) in [5.74, 6) is -0.229. The second kappa shape index (κ2) is 10.4. The highest BCUT2D eigenvalue weighted by Crippen LogP contribution is 2.35. The van der Waals surface area contributed by atoms with E-state index in [4.69, 9.17) is 4.99 Å². The Labute approximate surface area is 188 Å². The van der Waals surface area contributed by atoms with Gasteiger partial charge in [0.2, 0.25) is 0 Å². The van der Waals surface area contributed by atoms with Crippen molar-refractivity contribution in [2.75, 3.05) is 0 Å². The molecule has 4 aromatic rings. The van der Waals surface area contributed by atoms with Crippen molar-refractivity contribution in [1.82, 2.24) is 0 Å². The van der Waals surface area contributed by atoms with E-state index in [9.17, 15) is 4.39 Å². The number of hydrogen-bond acceptors (Lipinski definition) is 4. The van der Waals surface area contributed by atoms with Gasteiger partial charge in [-0.2, -0.15) is 11.3 Å². The van der Waals surface area contributed by atoms with Crippen molar-refractivity contribution in [3.8, 4) is 0 Å². The minimum atomic E-state index is -0.229. The van der Waals surface area contributed by atoms with Gasteiger partial charge in [0.1, 0.15) is 10.9 Å². The molecule has 0 aliphatic carbocycles. The molecule has 0 saturated carbocycles. The van der Waals surface area contributed by atoms with Crippen molar-refractivity contribution in [3.63, 3.8) is 0 Å². The Hall–Kier alpha value is -2.60. The first-order valence-corrected chi connectivity index (χ1v) is 11.9. The molecule has 0 atom stereocenters. The van der Waals surface area contributed by atoms with Crippen LogP contribution in [0.3, 0.4) is 0 Å². The average molecular weight is 448 g/mol. The molecule has 0 bridgehead atoms. The van der Waals surface area contributed by atoms with Crippen LogP contribution in [0.5, 0.6) is 0 Å². The number of aliphatic imine (C=N–C) groups is 1. The van der Waals surface area contributed by atoms with Crippen molar-refractivity contribution in [2.24, 2.45) is 4.99 Å². The Kier molecular flexibility index (Phi) is 7.19. The lowest BCUT2D eigenvalue weighted by Crippen LogP contribution is -1.97. The fourth-order valence-corrected chi connectivity index (χ4v) is 5.14. The number of para-hydroxylation sites is 1. The lowest BCUT2D eigenvalue weighted by atomic mass is 10.2. The summed E-state index contributed by atoms with van der Waals surface area (Å²) in [5, 5.41) is 7.22. The highest BCUT2D eigenvalue weighted by Gasteiger charge is 2.13. The van der Waals surface area contributed by atoms with E-state index in [1.807, 2.05) is 48.5 Å². The third-order valence-electron chi connectivity index (χ3n) is 4.13. The molecule has 0 saturated heterocycles. The summed E-state index contributed by atoms with van der Waals surface area (Å²) in [6, 6.07) is 28.9. The number of rotatable bonds is 6. The third-order valence-corrected chi connectivity index (χ3v) is 6.73. The van der Waals surface area contributed by atoms with E-state index in [1.165, 1.54) is 12.1 Å². The summed E-state index contributed by atoms with van der Waals surface area (Å²) in [5.41, 5.74) is 3.07. The van der Waals surface area contributed by atoms with Gasteiger partial charge in [-0.3, -0.25) is 0 Å². The molecule has 0 unspecified atom stereocenters. The van der Waals surface area contributed by atoms with Gasteiger partial charge in [-0.05, 0) is 76.3 Å². The van der Waals surface area contributed by atoms with Gasteiger partial charge in [0.15, 0.2) is 0 Å². The summed E-state index contributed by atoms with van der Waals surface area (Å²) in [6.45, 7) is 0. The highest BCUT2D eigenvalue weighted by atomic mass is 32.2. The maximum Gasteiger partial charge on any atom is 0.123 e. The van der Waals surface area contributed by atoms with Crippen LogP contribution in [0, 0.1) is 5.82 Å². The van der Waals surface area contributed by atoms with Crippen molar-refractivity contribution >= 4 is 51.2 Å². The largest absolute Gasteiger partial charge is 0.241 e. The van der Waals surface area contributed by atoms with E-state index in [2.05, 4.69) is 34.4 Å². The molecular weight excluding hydrogens is 429 g/mol. The Balaban J connectivity index is 1.75. The third kappa shape index (κ3) is 5.72. The molecule has 0 spiro atoms. The molecule has 0 amide bonds. The number of thiophene rings is 1. The van der Waals surface area contributed by atoms with E-state index < -0.39 is 0 Å². The SMILES string of the molecule is Fc1ccc(S/C=C(/C(=N/c2ccccc2)Sc2ccccc2)c2ccsc2)cc1. The normalized spacial score (nSPS) is 12.2. The first-order valence-electron chi connectivity index (χ1n) is 9.30. The Morgan fingerprint density at radius 2 is 1.50 bits per heavy atom. The van der Waals surface area contributed by atoms with Crippen molar-refractivity contribution in [3.05, 3.63) is 119 Å². The van der Waals surface area contributed by atoms with Gasteiger partial charge in [-0.15, -0.1) is 0 Å². The smallest absolute Gasteiger partial charge is 0.123 e.